The third-order valence-electron chi connectivity index (χ3n) is 2.88. The Hall–Kier alpha value is -1.17. The fraction of sp³-hybridized carbons (Fsp3) is 0.500. The number of carbonyl (C=O) groups is 1. The SMILES string of the molecule is CCCN(Cc1c(F)cccc1Cl)C(=O)C(N)COC. The summed E-state index contributed by atoms with van der Waals surface area (Å²) in [5.74, 6) is -0.695. The predicted octanol–water partition coefficient (Wildman–Crippen LogP) is 2.19. The van der Waals surface area contributed by atoms with Crippen LogP contribution in [0, 0.1) is 5.82 Å². The Morgan fingerprint density at radius 3 is 2.80 bits per heavy atom. The van der Waals surface area contributed by atoms with E-state index in [2.05, 4.69) is 0 Å². The van der Waals surface area contributed by atoms with Gasteiger partial charge in [0, 0.05) is 24.2 Å². The standard InChI is InChI=1S/C14H20ClFN2O2/c1-3-7-18(14(19)13(17)9-20-2)8-10-11(15)5-4-6-12(10)16/h4-6,13H,3,7-9,17H2,1-2H3. The maximum Gasteiger partial charge on any atom is 0.242 e. The van der Waals surface area contributed by atoms with Crippen molar-refractivity contribution < 1.29 is 13.9 Å². The van der Waals surface area contributed by atoms with E-state index in [1.165, 1.54) is 24.1 Å². The molecule has 2 N–H and O–H groups in total. The van der Waals surface area contributed by atoms with Gasteiger partial charge in [0.25, 0.3) is 0 Å². The molecule has 112 valence electrons. The molecule has 1 aromatic carbocycles. The second-order valence-corrected chi connectivity index (χ2v) is 4.93. The van der Waals surface area contributed by atoms with Crippen LogP contribution in [0.5, 0.6) is 0 Å². The van der Waals surface area contributed by atoms with Crippen molar-refractivity contribution in [2.45, 2.75) is 25.9 Å². The van der Waals surface area contributed by atoms with Crippen LogP contribution in [-0.4, -0.2) is 37.1 Å². The number of benzene rings is 1. The molecule has 1 rings (SSSR count). The van der Waals surface area contributed by atoms with Gasteiger partial charge in [-0.2, -0.15) is 0 Å². The number of amides is 1. The maximum absolute atomic E-state index is 13.8. The molecular formula is C14H20ClFN2O2. The first-order chi connectivity index (χ1) is 9.51. The molecule has 0 aromatic heterocycles. The molecular weight excluding hydrogens is 283 g/mol. The average Bonchev–Trinajstić information content (AvgIpc) is 2.41. The molecule has 0 aliphatic rings. The summed E-state index contributed by atoms with van der Waals surface area (Å²) in [5, 5.41) is 0.305. The number of ether oxygens (including phenoxy) is 1. The van der Waals surface area contributed by atoms with Crippen molar-refractivity contribution in [2.75, 3.05) is 20.3 Å². The van der Waals surface area contributed by atoms with Crippen molar-refractivity contribution in [3.05, 3.63) is 34.6 Å². The number of hydrogen-bond donors (Lipinski definition) is 1. The minimum absolute atomic E-state index is 0.107. The zero-order valence-corrected chi connectivity index (χ0v) is 12.5. The predicted molar refractivity (Wildman–Crippen MR) is 77.0 cm³/mol. The molecule has 1 aromatic rings. The van der Waals surface area contributed by atoms with E-state index in [4.69, 9.17) is 22.1 Å². The van der Waals surface area contributed by atoms with E-state index in [9.17, 15) is 9.18 Å². The summed E-state index contributed by atoms with van der Waals surface area (Å²) in [6.45, 7) is 2.66. The topological polar surface area (TPSA) is 55.6 Å². The third kappa shape index (κ3) is 4.44. The summed E-state index contributed by atoms with van der Waals surface area (Å²) in [4.78, 5) is 13.7. The van der Waals surface area contributed by atoms with Crippen LogP contribution >= 0.6 is 11.6 Å². The molecule has 0 saturated heterocycles. The third-order valence-corrected chi connectivity index (χ3v) is 3.23. The summed E-state index contributed by atoms with van der Waals surface area (Å²) in [6, 6.07) is 3.70. The molecule has 4 nitrogen and oxygen atoms in total. The lowest BCUT2D eigenvalue weighted by Crippen LogP contribution is -2.46. The highest BCUT2D eigenvalue weighted by atomic mass is 35.5. The van der Waals surface area contributed by atoms with Crippen LogP contribution in [0.1, 0.15) is 18.9 Å². The molecule has 6 heteroatoms. The molecule has 1 atom stereocenters. The molecule has 0 aliphatic heterocycles. The largest absolute Gasteiger partial charge is 0.383 e. The quantitative estimate of drug-likeness (QED) is 0.840. The van der Waals surface area contributed by atoms with Crippen LogP contribution in [0.15, 0.2) is 18.2 Å². The number of halogens is 2. The van der Waals surface area contributed by atoms with Crippen LogP contribution in [0.3, 0.4) is 0 Å². The van der Waals surface area contributed by atoms with Gasteiger partial charge in [-0.1, -0.05) is 24.6 Å². The highest BCUT2D eigenvalue weighted by molar-refractivity contribution is 6.31. The summed E-state index contributed by atoms with van der Waals surface area (Å²) < 4.78 is 18.7. The number of methoxy groups -OCH3 is 1. The number of nitrogens with two attached hydrogens (primary N) is 1. The Bertz CT molecular complexity index is 437. The van der Waals surface area contributed by atoms with Gasteiger partial charge in [-0.25, -0.2) is 4.39 Å². The van der Waals surface area contributed by atoms with Crippen LogP contribution in [0.25, 0.3) is 0 Å². The second-order valence-electron chi connectivity index (χ2n) is 4.52. The van der Waals surface area contributed by atoms with E-state index in [1.54, 1.807) is 6.07 Å². The molecule has 1 unspecified atom stereocenters. The first kappa shape index (κ1) is 16.9. The fourth-order valence-electron chi connectivity index (χ4n) is 1.90. The van der Waals surface area contributed by atoms with Gasteiger partial charge >= 0.3 is 0 Å². The van der Waals surface area contributed by atoms with Gasteiger partial charge in [0.15, 0.2) is 0 Å². The summed E-state index contributed by atoms with van der Waals surface area (Å²) >= 11 is 5.99. The van der Waals surface area contributed by atoms with Crippen molar-refractivity contribution in [3.63, 3.8) is 0 Å². The van der Waals surface area contributed by atoms with Crippen LogP contribution in [-0.2, 0) is 16.1 Å². The summed E-state index contributed by atoms with van der Waals surface area (Å²) in [7, 11) is 1.48. The number of hydrogen-bond acceptors (Lipinski definition) is 3. The highest BCUT2D eigenvalue weighted by Gasteiger charge is 2.22. The molecule has 20 heavy (non-hydrogen) atoms. The molecule has 0 heterocycles. The Kier molecular flexibility index (Phi) is 6.91. The second kappa shape index (κ2) is 8.19. The van der Waals surface area contributed by atoms with Crippen LogP contribution < -0.4 is 5.73 Å². The van der Waals surface area contributed by atoms with Crippen LogP contribution in [0.4, 0.5) is 4.39 Å². The minimum atomic E-state index is -0.753. The lowest BCUT2D eigenvalue weighted by atomic mass is 10.1. The molecule has 0 saturated carbocycles. The van der Waals surface area contributed by atoms with Gasteiger partial charge in [0.1, 0.15) is 11.9 Å². The Morgan fingerprint density at radius 2 is 2.25 bits per heavy atom. The van der Waals surface area contributed by atoms with Crippen molar-refractivity contribution >= 4 is 17.5 Å². The fourth-order valence-corrected chi connectivity index (χ4v) is 2.12. The smallest absolute Gasteiger partial charge is 0.242 e. The molecule has 0 radical (unpaired) electrons. The van der Waals surface area contributed by atoms with Crippen molar-refractivity contribution in [2.24, 2.45) is 5.73 Å². The zero-order valence-electron chi connectivity index (χ0n) is 11.7. The van der Waals surface area contributed by atoms with Crippen LogP contribution in [0.2, 0.25) is 5.02 Å². The zero-order chi connectivity index (χ0) is 15.1. The van der Waals surface area contributed by atoms with E-state index in [0.717, 1.165) is 6.42 Å². The van der Waals surface area contributed by atoms with E-state index in [0.29, 0.717) is 17.1 Å². The maximum atomic E-state index is 13.8. The summed E-state index contributed by atoms with van der Waals surface area (Å²) in [6.07, 6.45) is 0.748. The number of rotatable bonds is 7. The number of nitrogens with zero attached hydrogens (tertiary/aromatic N) is 1. The molecule has 1 amide bonds. The van der Waals surface area contributed by atoms with E-state index < -0.39 is 11.9 Å². The Labute approximate surface area is 123 Å². The van der Waals surface area contributed by atoms with Crippen molar-refractivity contribution in [1.29, 1.82) is 0 Å². The monoisotopic (exact) mass is 302 g/mol. The van der Waals surface area contributed by atoms with Crippen molar-refractivity contribution in [1.82, 2.24) is 4.90 Å². The number of carbonyl (C=O) groups excluding carboxylic acids is 1. The molecule has 0 fully saturated rings. The van der Waals surface area contributed by atoms with Gasteiger partial charge < -0.3 is 15.4 Å². The van der Waals surface area contributed by atoms with E-state index in [-0.39, 0.29) is 19.1 Å². The Balaban J connectivity index is 2.89. The van der Waals surface area contributed by atoms with Gasteiger partial charge in [-0.15, -0.1) is 0 Å². The van der Waals surface area contributed by atoms with E-state index in [1.807, 2.05) is 6.92 Å². The molecule has 0 aliphatic carbocycles. The van der Waals surface area contributed by atoms with Crippen molar-refractivity contribution in [3.8, 4) is 0 Å². The van der Waals surface area contributed by atoms with Gasteiger partial charge in [0.05, 0.1) is 13.2 Å². The van der Waals surface area contributed by atoms with E-state index >= 15 is 0 Å². The summed E-state index contributed by atoms with van der Waals surface area (Å²) in [5.41, 5.74) is 6.05. The Morgan fingerprint density at radius 1 is 1.55 bits per heavy atom. The first-order valence-corrected chi connectivity index (χ1v) is 6.85. The molecule has 0 bridgehead atoms. The van der Waals surface area contributed by atoms with Gasteiger partial charge in [-0.05, 0) is 18.6 Å². The van der Waals surface area contributed by atoms with Gasteiger partial charge in [-0.3, -0.25) is 4.79 Å². The highest BCUT2D eigenvalue weighted by Crippen LogP contribution is 2.21. The lowest BCUT2D eigenvalue weighted by molar-refractivity contribution is -0.134. The van der Waals surface area contributed by atoms with Gasteiger partial charge in [0.2, 0.25) is 5.91 Å². The average molecular weight is 303 g/mol. The minimum Gasteiger partial charge on any atom is -0.383 e. The lowest BCUT2D eigenvalue weighted by Gasteiger charge is -2.25. The molecule has 0 spiro atoms. The first-order valence-electron chi connectivity index (χ1n) is 6.47. The normalized spacial score (nSPS) is 12.2.